The predicted octanol–water partition coefficient (Wildman–Crippen LogP) is 3.08. The van der Waals surface area contributed by atoms with Crippen LogP contribution in [-0.4, -0.2) is 0 Å². The van der Waals surface area contributed by atoms with Gasteiger partial charge in [-0.1, -0.05) is 27.2 Å². The third-order valence-corrected chi connectivity index (χ3v) is 4.20. The van der Waals surface area contributed by atoms with Gasteiger partial charge in [-0.05, 0) is 36.0 Å². The maximum Gasteiger partial charge on any atom is -0.0295 e. The van der Waals surface area contributed by atoms with Gasteiger partial charge < -0.3 is 0 Å². The van der Waals surface area contributed by atoms with Gasteiger partial charge in [-0.3, -0.25) is 0 Å². The summed E-state index contributed by atoms with van der Waals surface area (Å²) in [6.45, 7) is 7.35. The second kappa shape index (κ2) is 1.78. The maximum atomic E-state index is 2.46. The van der Waals surface area contributed by atoms with E-state index in [4.69, 9.17) is 0 Å². The molecule has 3 atom stereocenters. The summed E-state index contributed by atoms with van der Waals surface area (Å²) in [6.07, 6.45) is 4.54. The molecule has 0 unspecified atom stereocenters. The van der Waals surface area contributed by atoms with E-state index in [1.165, 1.54) is 19.3 Å². The zero-order chi connectivity index (χ0) is 7.35. The van der Waals surface area contributed by atoms with Gasteiger partial charge in [-0.25, -0.2) is 0 Å². The van der Waals surface area contributed by atoms with Crippen molar-refractivity contribution in [2.45, 2.75) is 40.0 Å². The van der Waals surface area contributed by atoms with Gasteiger partial charge in [-0.15, -0.1) is 0 Å². The fourth-order valence-electron chi connectivity index (χ4n) is 3.18. The Hall–Kier alpha value is 0. The lowest BCUT2D eigenvalue weighted by Crippen LogP contribution is -2.51. The molecule has 0 spiro atoms. The molecule has 0 radical (unpaired) electrons. The molecule has 2 bridgehead atoms. The van der Waals surface area contributed by atoms with Crippen LogP contribution in [0.4, 0.5) is 0 Å². The van der Waals surface area contributed by atoms with E-state index in [1.54, 1.807) is 0 Å². The Morgan fingerprint density at radius 1 is 1.20 bits per heavy atom. The smallest absolute Gasteiger partial charge is 0.0295 e. The van der Waals surface area contributed by atoms with E-state index in [-0.39, 0.29) is 0 Å². The van der Waals surface area contributed by atoms with Gasteiger partial charge in [0.1, 0.15) is 0 Å². The van der Waals surface area contributed by atoms with Crippen molar-refractivity contribution in [2.24, 2.45) is 23.2 Å². The van der Waals surface area contributed by atoms with Crippen molar-refractivity contribution in [3.05, 3.63) is 0 Å². The molecule has 0 N–H and O–H groups in total. The van der Waals surface area contributed by atoms with E-state index in [9.17, 15) is 0 Å². The molecular formula is C10H18. The first-order valence-electron chi connectivity index (χ1n) is 4.62. The van der Waals surface area contributed by atoms with Gasteiger partial charge in [0.25, 0.3) is 0 Å². The van der Waals surface area contributed by atoms with Crippen LogP contribution in [0.3, 0.4) is 0 Å². The van der Waals surface area contributed by atoms with E-state index >= 15 is 0 Å². The fraction of sp³-hybridized carbons (Fsp3) is 1.00. The molecule has 0 heterocycles. The van der Waals surface area contributed by atoms with Crippen molar-refractivity contribution in [1.82, 2.24) is 0 Å². The average molecular weight is 138 g/mol. The summed E-state index contributed by atoms with van der Waals surface area (Å²) in [4.78, 5) is 0. The summed E-state index contributed by atoms with van der Waals surface area (Å²) >= 11 is 0. The molecule has 3 aliphatic carbocycles. The lowest BCUT2D eigenvalue weighted by molar-refractivity contribution is -0.0988. The predicted molar refractivity (Wildman–Crippen MR) is 43.8 cm³/mol. The molecule has 0 aromatic rings. The van der Waals surface area contributed by atoms with Crippen molar-refractivity contribution < 1.29 is 0 Å². The average Bonchev–Trinajstić information content (AvgIpc) is 1.87. The summed E-state index contributed by atoms with van der Waals surface area (Å²) in [5.41, 5.74) is 0.706. The van der Waals surface area contributed by atoms with Crippen molar-refractivity contribution in [1.29, 1.82) is 0 Å². The molecule has 0 nitrogen and oxygen atoms in total. The third kappa shape index (κ3) is 0.627. The van der Waals surface area contributed by atoms with Gasteiger partial charge in [0.05, 0.1) is 0 Å². The lowest BCUT2D eigenvalue weighted by Gasteiger charge is -2.59. The number of hydrogen-bond donors (Lipinski definition) is 0. The van der Waals surface area contributed by atoms with Crippen LogP contribution in [0.1, 0.15) is 40.0 Å². The zero-order valence-electron chi connectivity index (χ0n) is 7.35. The Morgan fingerprint density at radius 3 is 2.20 bits per heavy atom. The Balaban J connectivity index is 2.16. The molecule has 0 aromatic carbocycles. The molecule has 0 aliphatic heterocycles. The van der Waals surface area contributed by atoms with Crippen molar-refractivity contribution in [3.63, 3.8) is 0 Å². The Bertz CT molecular complexity index is 144. The van der Waals surface area contributed by atoms with Crippen LogP contribution in [0.2, 0.25) is 0 Å². The standard InChI is InChI=1S/C10H18/c1-7-4-5-8-6-9(7)10(8,2)3/h7-9H,4-6H2,1-3H3/t7-,8-,9-/m0/s1. The first kappa shape index (κ1) is 6.69. The highest BCUT2D eigenvalue weighted by atomic mass is 14.6. The van der Waals surface area contributed by atoms with Gasteiger partial charge in [0, 0.05) is 0 Å². The maximum absolute atomic E-state index is 2.46. The first-order chi connectivity index (χ1) is 4.62. The number of fused-ring (bicyclic) bond motifs is 2. The summed E-state index contributed by atoms with van der Waals surface area (Å²) in [5, 5.41) is 0. The summed E-state index contributed by atoms with van der Waals surface area (Å²) in [6, 6.07) is 0. The SMILES string of the molecule is C[C@H]1CC[C@H]2C[C@@H]1C2(C)C. The topological polar surface area (TPSA) is 0 Å². The largest absolute Gasteiger partial charge is 0.0622 e. The van der Waals surface area contributed by atoms with Crippen LogP contribution in [-0.2, 0) is 0 Å². The molecule has 0 saturated heterocycles. The van der Waals surface area contributed by atoms with Crippen LogP contribution in [0.25, 0.3) is 0 Å². The molecule has 58 valence electrons. The van der Waals surface area contributed by atoms with E-state index in [0.29, 0.717) is 5.41 Å². The molecule has 3 saturated carbocycles. The first-order valence-corrected chi connectivity index (χ1v) is 4.62. The van der Waals surface area contributed by atoms with E-state index < -0.39 is 0 Å². The fourth-order valence-corrected chi connectivity index (χ4v) is 3.18. The van der Waals surface area contributed by atoms with Gasteiger partial charge in [-0.2, -0.15) is 0 Å². The summed E-state index contributed by atoms with van der Waals surface area (Å²) in [5.74, 6) is 3.15. The van der Waals surface area contributed by atoms with Crippen LogP contribution in [0, 0.1) is 23.2 Å². The highest BCUT2D eigenvalue weighted by Gasteiger charge is 2.52. The van der Waals surface area contributed by atoms with E-state index in [1.807, 2.05) is 0 Å². The van der Waals surface area contributed by atoms with Crippen molar-refractivity contribution in [3.8, 4) is 0 Å². The number of rotatable bonds is 0. The van der Waals surface area contributed by atoms with E-state index in [2.05, 4.69) is 20.8 Å². The van der Waals surface area contributed by atoms with Crippen molar-refractivity contribution in [2.75, 3.05) is 0 Å². The summed E-state index contributed by atoms with van der Waals surface area (Å²) < 4.78 is 0. The lowest BCUT2D eigenvalue weighted by atomic mass is 9.46. The minimum Gasteiger partial charge on any atom is -0.0622 e. The molecule has 3 aliphatic rings. The number of hydrogen-bond acceptors (Lipinski definition) is 0. The highest BCUT2D eigenvalue weighted by molar-refractivity contribution is 5.01. The van der Waals surface area contributed by atoms with E-state index in [0.717, 1.165) is 17.8 Å². The summed E-state index contributed by atoms with van der Waals surface area (Å²) in [7, 11) is 0. The second-order valence-electron chi connectivity index (χ2n) is 4.92. The van der Waals surface area contributed by atoms with Crippen LogP contribution in [0.15, 0.2) is 0 Å². The molecule has 3 rings (SSSR count). The highest BCUT2D eigenvalue weighted by Crippen LogP contribution is 2.61. The Morgan fingerprint density at radius 2 is 1.90 bits per heavy atom. The normalized spacial score (nSPS) is 50.1. The molecule has 0 heteroatoms. The van der Waals surface area contributed by atoms with Gasteiger partial charge in [0.15, 0.2) is 0 Å². The second-order valence-corrected chi connectivity index (χ2v) is 4.92. The minimum atomic E-state index is 0.706. The molecule has 0 aromatic heterocycles. The minimum absolute atomic E-state index is 0.706. The van der Waals surface area contributed by atoms with Crippen LogP contribution in [0.5, 0.6) is 0 Å². The zero-order valence-corrected chi connectivity index (χ0v) is 7.35. The van der Waals surface area contributed by atoms with Gasteiger partial charge in [0.2, 0.25) is 0 Å². The van der Waals surface area contributed by atoms with Crippen molar-refractivity contribution >= 4 is 0 Å². The molecule has 10 heavy (non-hydrogen) atoms. The molecule has 3 fully saturated rings. The Labute approximate surface area is 64.0 Å². The van der Waals surface area contributed by atoms with Crippen LogP contribution < -0.4 is 0 Å². The Kier molecular flexibility index (Phi) is 1.19. The molecule has 0 amide bonds. The third-order valence-electron chi connectivity index (χ3n) is 4.20. The van der Waals surface area contributed by atoms with Crippen LogP contribution >= 0.6 is 0 Å². The van der Waals surface area contributed by atoms with Gasteiger partial charge >= 0.3 is 0 Å². The quantitative estimate of drug-likeness (QED) is 0.482. The monoisotopic (exact) mass is 138 g/mol. The molecular weight excluding hydrogens is 120 g/mol.